The summed E-state index contributed by atoms with van der Waals surface area (Å²) >= 11 is 0. The fourth-order valence-electron chi connectivity index (χ4n) is 1.57. The molecule has 0 aliphatic rings. The number of ether oxygens (including phenoxy) is 2. The topological polar surface area (TPSA) is 18.5 Å². The van der Waals surface area contributed by atoms with Gasteiger partial charge in [0.1, 0.15) is 0 Å². The van der Waals surface area contributed by atoms with Gasteiger partial charge in [0, 0.05) is 10.2 Å². The summed E-state index contributed by atoms with van der Waals surface area (Å²) in [7, 11) is 0.997. The second-order valence-corrected chi connectivity index (χ2v) is 5.38. The van der Waals surface area contributed by atoms with Crippen LogP contribution in [0.25, 0.3) is 0 Å². The predicted molar refractivity (Wildman–Crippen MR) is 76.8 cm³/mol. The average molecular weight is 252 g/mol. The van der Waals surface area contributed by atoms with Crippen LogP contribution in [0.5, 0.6) is 11.5 Å². The Labute approximate surface area is 108 Å². The Morgan fingerprint density at radius 3 is 2.29 bits per heavy atom. The Bertz CT molecular complexity index is 326. The first-order valence-corrected chi connectivity index (χ1v) is 7.64. The smallest absolute Gasteiger partial charge is 0.160 e. The molecule has 0 heterocycles. The fraction of sp³-hybridized carbons (Fsp3) is 0.571. The van der Waals surface area contributed by atoms with Crippen LogP contribution in [0.1, 0.15) is 39.5 Å². The van der Waals surface area contributed by atoms with Crippen molar-refractivity contribution < 1.29 is 9.47 Å². The monoisotopic (exact) mass is 252 g/mol. The molecule has 0 aliphatic heterocycles. The van der Waals surface area contributed by atoms with Crippen LogP contribution in [-0.2, 0) is 0 Å². The first-order valence-electron chi connectivity index (χ1n) is 6.64. The van der Waals surface area contributed by atoms with E-state index in [2.05, 4.69) is 26.0 Å². The lowest BCUT2D eigenvalue weighted by Gasteiger charge is -2.14. The molecule has 0 saturated heterocycles. The summed E-state index contributed by atoms with van der Waals surface area (Å²) in [6.45, 7) is 5.92. The summed E-state index contributed by atoms with van der Waals surface area (Å²) in [5.41, 5.74) is 0. The molecule has 96 valence electrons. The Morgan fingerprint density at radius 1 is 1.00 bits per heavy atom. The van der Waals surface area contributed by atoms with Gasteiger partial charge in [-0.1, -0.05) is 38.8 Å². The second kappa shape index (κ2) is 8.18. The number of benzene rings is 1. The van der Waals surface area contributed by atoms with Crippen LogP contribution in [-0.4, -0.2) is 23.5 Å². The highest BCUT2D eigenvalue weighted by atomic mass is 28.1. The summed E-state index contributed by atoms with van der Waals surface area (Å²) in [6, 6.07) is 6.19. The highest BCUT2D eigenvalue weighted by Gasteiger charge is 2.07. The van der Waals surface area contributed by atoms with Gasteiger partial charge in [-0.15, -0.1) is 0 Å². The molecule has 0 fully saturated rings. The SMILES string of the molecule is CCCCOc1cccc([SiH3])c1OCCCC. The number of para-hydroxylation sites is 1. The molecule has 0 radical (unpaired) electrons. The lowest BCUT2D eigenvalue weighted by molar-refractivity contribution is 0.263. The van der Waals surface area contributed by atoms with E-state index in [-0.39, 0.29) is 0 Å². The third-order valence-electron chi connectivity index (χ3n) is 2.68. The van der Waals surface area contributed by atoms with Crippen molar-refractivity contribution in [1.29, 1.82) is 0 Å². The largest absolute Gasteiger partial charge is 0.490 e. The molecule has 1 aromatic carbocycles. The first-order chi connectivity index (χ1) is 8.29. The number of hydrogen-bond acceptors (Lipinski definition) is 2. The maximum Gasteiger partial charge on any atom is 0.160 e. The Hall–Kier alpha value is -0.963. The molecule has 0 aliphatic carbocycles. The second-order valence-electron chi connectivity index (χ2n) is 4.31. The lowest BCUT2D eigenvalue weighted by Crippen LogP contribution is -2.12. The summed E-state index contributed by atoms with van der Waals surface area (Å²) < 4.78 is 11.6. The van der Waals surface area contributed by atoms with E-state index >= 15 is 0 Å². The number of unbranched alkanes of at least 4 members (excludes halogenated alkanes) is 2. The van der Waals surface area contributed by atoms with Gasteiger partial charge in [0.15, 0.2) is 11.5 Å². The molecule has 1 aromatic rings. The van der Waals surface area contributed by atoms with Crippen molar-refractivity contribution in [3.8, 4) is 11.5 Å². The van der Waals surface area contributed by atoms with Crippen LogP contribution in [0.15, 0.2) is 18.2 Å². The van der Waals surface area contributed by atoms with E-state index in [0.29, 0.717) is 0 Å². The van der Waals surface area contributed by atoms with Crippen molar-refractivity contribution in [1.82, 2.24) is 0 Å². The van der Waals surface area contributed by atoms with Gasteiger partial charge in [-0.3, -0.25) is 0 Å². The maximum absolute atomic E-state index is 5.85. The van der Waals surface area contributed by atoms with E-state index in [0.717, 1.165) is 60.6 Å². The van der Waals surface area contributed by atoms with E-state index in [4.69, 9.17) is 9.47 Å². The van der Waals surface area contributed by atoms with Crippen molar-refractivity contribution in [2.45, 2.75) is 39.5 Å². The molecule has 0 atom stereocenters. The molecule has 17 heavy (non-hydrogen) atoms. The molecular formula is C14H24O2Si. The minimum absolute atomic E-state index is 0.783. The van der Waals surface area contributed by atoms with Crippen molar-refractivity contribution in [3.05, 3.63) is 18.2 Å². The quantitative estimate of drug-likeness (QED) is 0.521. The third kappa shape index (κ3) is 4.82. The maximum atomic E-state index is 5.85. The fourth-order valence-corrected chi connectivity index (χ4v) is 2.15. The molecule has 3 heteroatoms. The molecule has 1 rings (SSSR count). The summed E-state index contributed by atoms with van der Waals surface area (Å²) in [4.78, 5) is 0. The minimum Gasteiger partial charge on any atom is -0.490 e. The molecule has 0 N–H and O–H groups in total. The molecule has 0 amide bonds. The Balaban J connectivity index is 2.63. The highest BCUT2D eigenvalue weighted by Crippen LogP contribution is 2.24. The van der Waals surface area contributed by atoms with Gasteiger partial charge in [-0.25, -0.2) is 0 Å². The van der Waals surface area contributed by atoms with Gasteiger partial charge in [-0.05, 0) is 24.1 Å². The van der Waals surface area contributed by atoms with Crippen LogP contribution >= 0.6 is 0 Å². The average Bonchev–Trinajstić information content (AvgIpc) is 2.33. The molecule has 0 spiro atoms. The van der Waals surface area contributed by atoms with Crippen molar-refractivity contribution >= 4 is 15.4 Å². The zero-order valence-corrected chi connectivity index (χ0v) is 13.3. The molecule has 0 bridgehead atoms. The van der Waals surface area contributed by atoms with Crippen molar-refractivity contribution in [2.75, 3.05) is 13.2 Å². The predicted octanol–water partition coefficient (Wildman–Crippen LogP) is 2.04. The Morgan fingerprint density at radius 2 is 1.65 bits per heavy atom. The summed E-state index contributed by atoms with van der Waals surface area (Å²) in [6.07, 6.45) is 4.52. The molecule has 0 aromatic heterocycles. The van der Waals surface area contributed by atoms with Gasteiger partial charge in [0.25, 0.3) is 0 Å². The standard InChI is InChI=1S/C14H24O2Si/c1-3-5-10-15-12-8-7-9-13(17)14(12)16-11-6-4-2/h7-9H,3-6,10-11H2,1-2,17H3. The van der Waals surface area contributed by atoms with Crippen LogP contribution in [0.2, 0.25) is 0 Å². The van der Waals surface area contributed by atoms with Crippen molar-refractivity contribution in [3.63, 3.8) is 0 Å². The van der Waals surface area contributed by atoms with E-state index in [9.17, 15) is 0 Å². The molecule has 2 nitrogen and oxygen atoms in total. The minimum atomic E-state index is 0.783. The zero-order chi connectivity index (χ0) is 12.5. The van der Waals surface area contributed by atoms with Crippen LogP contribution in [0.3, 0.4) is 0 Å². The number of hydrogen-bond donors (Lipinski definition) is 0. The molecular weight excluding hydrogens is 228 g/mol. The van der Waals surface area contributed by atoms with Gasteiger partial charge in [0.2, 0.25) is 0 Å². The summed E-state index contributed by atoms with van der Waals surface area (Å²) in [5, 5.41) is 1.29. The summed E-state index contributed by atoms with van der Waals surface area (Å²) in [5.74, 6) is 1.89. The zero-order valence-electron chi connectivity index (χ0n) is 11.3. The first kappa shape index (κ1) is 14.1. The van der Waals surface area contributed by atoms with Crippen LogP contribution in [0, 0.1) is 0 Å². The lowest BCUT2D eigenvalue weighted by atomic mass is 10.3. The van der Waals surface area contributed by atoms with E-state index in [1.807, 2.05) is 6.07 Å². The highest BCUT2D eigenvalue weighted by molar-refractivity contribution is 6.34. The van der Waals surface area contributed by atoms with Gasteiger partial charge < -0.3 is 9.47 Å². The van der Waals surface area contributed by atoms with Gasteiger partial charge in [0.05, 0.1) is 13.2 Å². The normalized spacial score (nSPS) is 10.5. The number of rotatable bonds is 8. The third-order valence-corrected chi connectivity index (χ3v) is 3.46. The van der Waals surface area contributed by atoms with E-state index in [1.165, 1.54) is 5.19 Å². The molecule has 0 unspecified atom stereocenters. The van der Waals surface area contributed by atoms with Crippen LogP contribution in [0.4, 0.5) is 0 Å². The van der Waals surface area contributed by atoms with Gasteiger partial charge in [-0.2, -0.15) is 0 Å². The molecule has 0 saturated carbocycles. The van der Waals surface area contributed by atoms with Crippen molar-refractivity contribution in [2.24, 2.45) is 0 Å². The van der Waals surface area contributed by atoms with Crippen LogP contribution < -0.4 is 14.7 Å². The van der Waals surface area contributed by atoms with E-state index < -0.39 is 0 Å². The Kier molecular flexibility index (Phi) is 6.78. The van der Waals surface area contributed by atoms with E-state index in [1.54, 1.807) is 0 Å². The van der Waals surface area contributed by atoms with Gasteiger partial charge >= 0.3 is 0 Å².